The lowest BCUT2D eigenvalue weighted by molar-refractivity contribution is -0.115. The first-order valence-corrected chi connectivity index (χ1v) is 13.1. The van der Waals surface area contributed by atoms with Crippen molar-refractivity contribution in [3.05, 3.63) is 82.6 Å². The molecular formula is C24H27N3O3S2. The molecule has 168 valence electrons. The molecule has 0 spiro atoms. The number of hydrogen-bond donors (Lipinski definition) is 2. The second-order valence-electron chi connectivity index (χ2n) is 7.78. The predicted octanol–water partition coefficient (Wildman–Crippen LogP) is 4.24. The van der Waals surface area contributed by atoms with E-state index in [1.165, 1.54) is 10.4 Å². The fraction of sp³-hybridized carbons (Fsp3) is 0.292. The van der Waals surface area contributed by atoms with Crippen LogP contribution in [0.2, 0.25) is 0 Å². The number of rotatable bonds is 8. The van der Waals surface area contributed by atoms with Gasteiger partial charge in [0, 0.05) is 23.7 Å². The largest absolute Gasteiger partial charge is 0.325 e. The van der Waals surface area contributed by atoms with Gasteiger partial charge < -0.3 is 5.32 Å². The van der Waals surface area contributed by atoms with Gasteiger partial charge in [0.05, 0.1) is 17.5 Å². The van der Waals surface area contributed by atoms with Crippen LogP contribution in [0.4, 0.5) is 5.69 Å². The Bertz CT molecular complexity index is 1130. The summed E-state index contributed by atoms with van der Waals surface area (Å²) in [5, 5.41) is 8.17. The van der Waals surface area contributed by atoms with Crippen LogP contribution in [0.5, 0.6) is 0 Å². The molecule has 32 heavy (non-hydrogen) atoms. The molecule has 3 aromatic rings. The molecule has 8 heteroatoms. The zero-order valence-corrected chi connectivity index (χ0v) is 19.4. The van der Waals surface area contributed by atoms with E-state index in [1.807, 2.05) is 47.8 Å². The lowest BCUT2D eigenvalue weighted by atomic mass is 10.1. The Morgan fingerprint density at radius 3 is 2.47 bits per heavy atom. The van der Waals surface area contributed by atoms with Gasteiger partial charge in [0.25, 0.3) is 0 Å². The maximum Gasteiger partial charge on any atom is 0.243 e. The number of anilines is 1. The van der Waals surface area contributed by atoms with Gasteiger partial charge >= 0.3 is 0 Å². The molecule has 6 nitrogen and oxygen atoms in total. The van der Waals surface area contributed by atoms with Crippen molar-refractivity contribution in [2.45, 2.75) is 30.2 Å². The fourth-order valence-corrected chi connectivity index (χ4v) is 6.26. The van der Waals surface area contributed by atoms with Crippen molar-refractivity contribution in [3.8, 4) is 0 Å². The summed E-state index contributed by atoms with van der Waals surface area (Å²) < 4.78 is 27.4. The molecule has 2 aromatic carbocycles. The van der Waals surface area contributed by atoms with Crippen LogP contribution in [-0.4, -0.2) is 38.3 Å². The summed E-state index contributed by atoms with van der Waals surface area (Å²) in [6, 6.07) is 20.4. The lowest BCUT2D eigenvalue weighted by Crippen LogP contribution is -2.35. The number of carbonyl (C=O) groups is 1. The van der Waals surface area contributed by atoms with E-state index in [4.69, 9.17) is 0 Å². The number of piperidine rings is 1. The van der Waals surface area contributed by atoms with E-state index in [2.05, 4.69) is 10.6 Å². The highest BCUT2D eigenvalue weighted by Gasteiger charge is 2.26. The second kappa shape index (κ2) is 10.4. The molecule has 1 aliphatic rings. The minimum Gasteiger partial charge on any atom is -0.325 e. The number of nitrogens with zero attached hydrogens (tertiary/aromatic N) is 1. The SMILES string of the molecule is O=C(CN[C@@H](c1ccccc1)c1cccs1)Nc1cccc(S(=O)(=O)N2CCCCC2)c1. The minimum atomic E-state index is -3.54. The van der Waals surface area contributed by atoms with E-state index in [-0.39, 0.29) is 23.4 Å². The second-order valence-corrected chi connectivity index (χ2v) is 10.7. The van der Waals surface area contributed by atoms with Gasteiger partial charge in [-0.2, -0.15) is 4.31 Å². The molecule has 4 rings (SSSR count). The Balaban J connectivity index is 1.42. The molecule has 2 heterocycles. The highest BCUT2D eigenvalue weighted by molar-refractivity contribution is 7.89. The fourth-order valence-electron chi connectivity index (χ4n) is 3.87. The molecule has 0 saturated carbocycles. The Labute approximate surface area is 193 Å². The summed E-state index contributed by atoms with van der Waals surface area (Å²) in [5.74, 6) is -0.227. The zero-order chi connectivity index (χ0) is 22.4. The van der Waals surface area contributed by atoms with Crippen molar-refractivity contribution in [1.29, 1.82) is 0 Å². The Kier molecular flexibility index (Phi) is 7.36. The van der Waals surface area contributed by atoms with E-state index in [9.17, 15) is 13.2 Å². The number of hydrogen-bond acceptors (Lipinski definition) is 5. The molecule has 0 unspecified atom stereocenters. The summed E-state index contributed by atoms with van der Waals surface area (Å²) >= 11 is 1.63. The van der Waals surface area contributed by atoms with E-state index in [1.54, 1.807) is 29.5 Å². The van der Waals surface area contributed by atoms with E-state index in [0.717, 1.165) is 29.7 Å². The highest BCUT2D eigenvalue weighted by atomic mass is 32.2. The highest BCUT2D eigenvalue weighted by Crippen LogP contribution is 2.26. The number of sulfonamides is 1. The zero-order valence-electron chi connectivity index (χ0n) is 17.7. The summed E-state index contributed by atoms with van der Waals surface area (Å²) in [6.07, 6.45) is 2.83. The van der Waals surface area contributed by atoms with Crippen molar-refractivity contribution >= 4 is 33.0 Å². The Morgan fingerprint density at radius 1 is 0.969 bits per heavy atom. The quantitative estimate of drug-likeness (QED) is 0.517. The third kappa shape index (κ3) is 5.45. The van der Waals surface area contributed by atoms with Crippen LogP contribution in [0, 0.1) is 0 Å². The minimum absolute atomic E-state index is 0.0900. The summed E-state index contributed by atoms with van der Waals surface area (Å²) in [7, 11) is -3.54. The van der Waals surface area contributed by atoms with E-state index < -0.39 is 10.0 Å². The first kappa shape index (κ1) is 22.7. The van der Waals surface area contributed by atoms with Crippen LogP contribution in [-0.2, 0) is 14.8 Å². The van der Waals surface area contributed by atoms with Crippen molar-refractivity contribution in [3.63, 3.8) is 0 Å². The van der Waals surface area contributed by atoms with Gasteiger partial charge in [-0.15, -0.1) is 11.3 Å². The average molecular weight is 470 g/mol. The third-order valence-corrected chi connectivity index (χ3v) is 8.33. The topological polar surface area (TPSA) is 78.5 Å². The smallest absolute Gasteiger partial charge is 0.243 e. The first-order valence-electron chi connectivity index (χ1n) is 10.8. The van der Waals surface area contributed by atoms with Gasteiger partial charge in [0.2, 0.25) is 15.9 Å². The van der Waals surface area contributed by atoms with Crippen molar-refractivity contribution in [2.24, 2.45) is 0 Å². The summed E-state index contributed by atoms with van der Waals surface area (Å²) in [6.45, 7) is 1.19. The maximum absolute atomic E-state index is 12.9. The van der Waals surface area contributed by atoms with Crippen molar-refractivity contribution in [2.75, 3.05) is 25.0 Å². The number of nitrogens with one attached hydrogen (secondary N) is 2. The molecule has 1 amide bonds. The van der Waals surface area contributed by atoms with E-state index in [0.29, 0.717) is 18.8 Å². The van der Waals surface area contributed by atoms with Gasteiger partial charge in [0.15, 0.2) is 0 Å². The Morgan fingerprint density at radius 2 is 1.75 bits per heavy atom. The van der Waals surface area contributed by atoms with Gasteiger partial charge in [-0.1, -0.05) is 48.9 Å². The van der Waals surface area contributed by atoms with Crippen LogP contribution < -0.4 is 10.6 Å². The van der Waals surface area contributed by atoms with Gasteiger partial charge in [-0.05, 0) is 48.1 Å². The molecule has 1 saturated heterocycles. The molecule has 1 atom stereocenters. The van der Waals surface area contributed by atoms with Crippen LogP contribution in [0.1, 0.15) is 35.7 Å². The maximum atomic E-state index is 12.9. The van der Waals surface area contributed by atoms with Crippen molar-refractivity contribution < 1.29 is 13.2 Å². The monoisotopic (exact) mass is 469 g/mol. The predicted molar refractivity (Wildman–Crippen MR) is 128 cm³/mol. The van der Waals surface area contributed by atoms with Gasteiger partial charge in [0.1, 0.15) is 0 Å². The van der Waals surface area contributed by atoms with Crippen LogP contribution >= 0.6 is 11.3 Å². The lowest BCUT2D eigenvalue weighted by Gasteiger charge is -2.26. The molecule has 0 aliphatic carbocycles. The van der Waals surface area contributed by atoms with Crippen LogP contribution in [0.25, 0.3) is 0 Å². The average Bonchev–Trinajstić information content (AvgIpc) is 3.35. The number of carbonyl (C=O) groups excluding carboxylic acids is 1. The Hall–Kier alpha value is -2.52. The van der Waals surface area contributed by atoms with Crippen LogP contribution in [0.15, 0.2) is 77.0 Å². The molecular weight excluding hydrogens is 442 g/mol. The number of amides is 1. The summed E-state index contributed by atoms with van der Waals surface area (Å²) in [4.78, 5) is 14.0. The first-order chi connectivity index (χ1) is 15.5. The molecule has 1 aliphatic heterocycles. The van der Waals surface area contributed by atoms with Crippen molar-refractivity contribution in [1.82, 2.24) is 9.62 Å². The molecule has 0 radical (unpaired) electrons. The van der Waals surface area contributed by atoms with Crippen LogP contribution in [0.3, 0.4) is 0 Å². The standard InChI is InChI=1S/C24H27N3O3S2/c28-23(18-25-24(22-13-8-16-31-22)19-9-3-1-4-10-19)26-20-11-7-12-21(17-20)32(29,30)27-14-5-2-6-15-27/h1,3-4,7-13,16-17,24-25H,2,5-6,14-15,18H2,(H,26,28)/t24-/m0/s1. The summed E-state index contributed by atoms with van der Waals surface area (Å²) in [5.41, 5.74) is 1.56. The van der Waals surface area contributed by atoms with Gasteiger partial charge in [-0.25, -0.2) is 8.42 Å². The van der Waals surface area contributed by atoms with E-state index >= 15 is 0 Å². The van der Waals surface area contributed by atoms with Gasteiger partial charge in [-0.3, -0.25) is 10.1 Å². The molecule has 1 aromatic heterocycles. The number of thiophene rings is 1. The molecule has 1 fully saturated rings. The number of benzene rings is 2. The molecule has 0 bridgehead atoms. The normalized spacial score (nSPS) is 15.9. The molecule has 2 N–H and O–H groups in total. The third-order valence-electron chi connectivity index (χ3n) is 5.50.